The highest BCUT2D eigenvalue weighted by Gasteiger charge is 2.28. The van der Waals surface area contributed by atoms with E-state index in [4.69, 9.17) is 4.74 Å². The molecule has 0 saturated carbocycles. The second kappa shape index (κ2) is 8.77. The molecule has 1 aliphatic rings. The first kappa shape index (κ1) is 20.4. The number of hydrogen-bond acceptors (Lipinski definition) is 4. The zero-order chi connectivity index (χ0) is 21.0. The fourth-order valence-corrected chi connectivity index (χ4v) is 3.18. The summed E-state index contributed by atoms with van der Waals surface area (Å²) >= 11 is 0. The van der Waals surface area contributed by atoms with Crippen LogP contribution in [0, 0.1) is 6.92 Å². The van der Waals surface area contributed by atoms with Gasteiger partial charge in [-0.2, -0.15) is 0 Å². The maximum absolute atomic E-state index is 12.7. The summed E-state index contributed by atoms with van der Waals surface area (Å²) in [5, 5.41) is 2.79. The molecule has 0 radical (unpaired) electrons. The van der Waals surface area contributed by atoms with Crippen LogP contribution in [-0.2, 0) is 9.59 Å². The molecule has 0 aromatic heterocycles. The van der Waals surface area contributed by atoms with Gasteiger partial charge < -0.3 is 15.0 Å². The Hall–Kier alpha value is -3.35. The molecule has 0 atom stereocenters. The lowest BCUT2D eigenvalue weighted by atomic mass is 10.1. The highest BCUT2D eigenvalue weighted by Crippen LogP contribution is 2.33. The van der Waals surface area contributed by atoms with Gasteiger partial charge in [0.25, 0.3) is 11.8 Å². The molecule has 0 aliphatic carbocycles. The number of hydrogen-bond donors (Lipinski definition) is 1. The molecule has 0 saturated heterocycles. The average molecular weight is 395 g/mol. The molecule has 1 aliphatic heterocycles. The minimum atomic E-state index is -0.330. The highest BCUT2D eigenvalue weighted by molar-refractivity contribution is 6.06. The molecular weight excluding hydrogens is 370 g/mol. The number of anilines is 2. The van der Waals surface area contributed by atoms with E-state index < -0.39 is 0 Å². The Kier molecular flexibility index (Phi) is 6.16. The summed E-state index contributed by atoms with van der Waals surface area (Å²) in [5.41, 5.74) is 2.63. The summed E-state index contributed by atoms with van der Waals surface area (Å²) in [6.45, 7) is 6.66. The van der Waals surface area contributed by atoms with Crippen molar-refractivity contribution in [3.05, 3.63) is 53.6 Å². The van der Waals surface area contributed by atoms with Crippen LogP contribution in [0.3, 0.4) is 0 Å². The summed E-state index contributed by atoms with van der Waals surface area (Å²) in [6, 6.07) is 12.4. The molecule has 29 heavy (non-hydrogen) atoms. The van der Waals surface area contributed by atoms with E-state index in [0.717, 1.165) is 5.56 Å². The van der Waals surface area contributed by atoms with Gasteiger partial charge in [0.15, 0.2) is 6.61 Å². The predicted octanol–water partition coefficient (Wildman–Crippen LogP) is 2.84. The van der Waals surface area contributed by atoms with Gasteiger partial charge in [0, 0.05) is 24.3 Å². The maximum atomic E-state index is 12.7. The SMILES string of the molecule is CCN(CC)C(=O)c1ccc2c(c1)N(CC(=O)Nc1ccc(C)cc1)C(=O)CO2. The number of ether oxygens (including phenoxy) is 1. The number of carbonyl (C=O) groups is 3. The topological polar surface area (TPSA) is 79.0 Å². The van der Waals surface area contributed by atoms with Gasteiger partial charge in [-0.15, -0.1) is 0 Å². The molecule has 0 unspecified atom stereocenters. The fraction of sp³-hybridized carbons (Fsp3) is 0.318. The molecule has 2 aromatic rings. The van der Waals surface area contributed by atoms with Crippen LogP contribution in [0.5, 0.6) is 5.75 Å². The van der Waals surface area contributed by atoms with Gasteiger partial charge in [-0.3, -0.25) is 19.3 Å². The van der Waals surface area contributed by atoms with Crippen LogP contribution in [0.15, 0.2) is 42.5 Å². The molecule has 152 valence electrons. The maximum Gasteiger partial charge on any atom is 0.265 e. The van der Waals surface area contributed by atoms with E-state index in [9.17, 15) is 14.4 Å². The molecule has 3 rings (SSSR count). The van der Waals surface area contributed by atoms with Crippen LogP contribution < -0.4 is 15.0 Å². The van der Waals surface area contributed by atoms with Crippen molar-refractivity contribution < 1.29 is 19.1 Å². The van der Waals surface area contributed by atoms with E-state index in [1.165, 1.54) is 4.90 Å². The zero-order valence-corrected chi connectivity index (χ0v) is 16.9. The molecule has 2 aromatic carbocycles. The fourth-order valence-electron chi connectivity index (χ4n) is 3.18. The van der Waals surface area contributed by atoms with Gasteiger partial charge in [0.05, 0.1) is 5.69 Å². The van der Waals surface area contributed by atoms with Gasteiger partial charge in [-0.05, 0) is 51.1 Å². The number of carbonyl (C=O) groups excluding carboxylic acids is 3. The zero-order valence-electron chi connectivity index (χ0n) is 16.9. The third kappa shape index (κ3) is 4.56. The van der Waals surface area contributed by atoms with Crippen molar-refractivity contribution >= 4 is 29.1 Å². The molecule has 0 spiro atoms. The van der Waals surface area contributed by atoms with Gasteiger partial charge in [-0.25, -0.2) is 0 Å². The lowest BCUT2D eigenvalue weighted by Gasteiger charge is -2.29. The van der Waals surface area contributed by atoms with Crippen molar-refractivity contribution in [2.24, 2.45) is 0 Å². The number of nitrogens with one attached hydrogen (secondary N) is 1. The van der Waals surface area contributed by atoms with Crippen molar-refractivity contribution in [1.29, 1.82) is 0 Å². The van der Waals surface area contributed by atoms with E-state index in [1.54, 1.807) is 23.1 Å². The van der Waals surface area contributed by atoms with E-state index in [1.807, 2.05) is 45.0 Å². The first-order valence-electron chi connectivity index (χ1n) is 9.66. The van der Waals surface area contributed by atoms with E-state index in [2.05, 4.69) is 5.32 Å². The number of benzene rings is 2. The second-order valence-electron chi connectivity index (χ2n) is 6.84. The first-order chi connectivity index (χ1) is 13.9. The molecule has 3 amide bonds. The highest BCUT2D eigenvalue weighted by atomic mass is 16.5. The summed E-state index contributed by atoms with van der Waals surface area (Å²) in [4.78, 5) is 40.7. The Morgan fingerprint density at radius 1 is 1.10 bits per heavy atom. The monoisotopic (exact) mass is 395 g/mol. The Morgan fingerprint density at radius 3 is 2.45 bits per heavy atom. The summed E-state index contributed by atoms with van der Waals surface area (Å²) < 4.78 is 5.48. The summed E-state index contributed by atoms with van der Waals surface area (Å²) in [6.07, 6.45) is 0. The third-order valence-corrected chi connectivity index (χ3v) is 4.84. The lowest BCUT2D eigenvalue weighted by molar-refractivity contribution is -0.123. The standard InChI is InChI=1S/C22H25N3O4/c1-4-24(5-2)22(28)16-8-11-19-18(12-16)25(21(27)14-29-19)13-20(26)23-17-9-6-15(3)7-10-17/h6-12H,4-5,13-14H2,1-3H3,(H,23,26). The quantitative estimate of drug-likeness (QED) is 0.816. The van der Waals surface area contributed by atoms with Gasteiger partial charge in [0.2, 0.25) is 5.91 Å². The number of fused-ring (bicyclic) bond motifs is 1. The van der Waals surface area contributed by atoms with E-state index >= 15 is 0 Å². The molecule has 1 N–H and O–H groups in total. The molecular formula is C22H25N3O4. The van der Waals surface area contributed by atoms with E-state index in [0.29, 0.717) is 35.8 Å². The molecule has 0 fully saturated rings. The minimum Gasteiger partial charge on any atom is -0.482 e. The average Bonchev–Trinajstić information content (AvgIpc) is 2.72. The molecule has 0 bridgehead atoms. The number of aryl methyl sites for hydroxylation is 1. The van der Waals surface area contributed by atoms with Crippen molar-refractivity contribution in [2.45, 2.75) is 20.8 Å². The van der Waals surface area contributed by atoms with Crippen molar-refractivity contribution in [1.82, 2.24) is 4.90 Å². The third-order valence-electron chi connectivity index (χ3n) is 4.84. The van der Waals surface area contributed by atoms with Crippen LogP contribution in [-0.4, -0.2) is 48.9 Å². The van der Waals surface area contributed by atoms with Crippen LogP contribution >= 0.6 is 0 Å². The summed E-state index contributed by atoms with van der Waals surface area (Å²) in [7, 11) is 0. The van der Waals surface area contributed by atoms with Crippen LogP contribution in [0.1, 0.15) is 29.8 Å². The Morgan fingerprint density at radius 2 is 1.79 bits per heavy atom. The first-order valence-corrected chi connectivity index (χ1v) is 9.66. The normalized spacial score (nSPS) is 12.8. The second-order valence-corrected chi connectivity index (χ2v) is 6.84. The van der Waals surface area contributed by atoms with Crippen LogP contribution in [0.25, 0.3) is 0 Å². The number of amides is 3. The minimum absolute atomic E-state index is 0.125. The largest absolute Gasteiger partial charge is 0.482 e. The van der Waals surface area contributed by atoms with Crippen molar-refractivity contribution in [2.75, 3.05) is 36.5 Å². The molecule has 7 nitrogen and oxygen atoms in total. The Labute approximate surface area is 170 Å². The van der Waals surface area contributed by atoms with Crippen molar-refractivity contribution in [3.8, 4) is 5.75 Å². The van der Waals surface area contributed by atoms with Crippen LogP contribution in [0.4, 0.5) is 11.4 Å². The Bertz CT molecular complexity index is 920. The predicted molar refractivity (Wildman–Crippen MR) is 111 cm³/mol. The van der Waals surface area contributed by atoms with Gasteiger partial charge in [-0.1, -0.05) is 17.7 Å². The summed E-state index contributed by atoms with van der Waals surface area (Å²) in [5.74, 6) is -0.303. The van der Waals surface area contributed by atoms with Crippen LogP contribution in [0.2, 0.25) is 0 Å². The van der Waals surface area contributed by atoms with Gasteiger partial charge >= 0.3 is 0 Å². The number of nitrogens with zero attached hydrogens (tertiary/aromatic N) is 2. The smallest absolute Gasteiger partial charge is 0.265 e. The van der Waals surface area contributed by atoms with Gasteiger partial charge in [0.1, 0.15) is 12.3 Å². The Balaban J connectivity index is 1.82. The lowest BCUT2D eigenvalue weighted by Crippen LogP contribution is -2.43. The number of rotatable bonds is 6. The van der Waals surface area contributed by atoms with E-state index in [-0.39, 0.29) is 30.9 Å². The molecule has 7 heteroatoms. The molecule has 1 heterocycles. The van der Waals surface area contributed by atoms with Crippen molar-refractivity contribution in [3.63, 3.8) is 0 Å².